The molecule has 296 valence electrons. The fourth-order valence-electron chi connectivity index (χ4n) is 15.4. The van der Waals surface area contributed by atoms with Crippen LogP contribution in [0.1, 0.15) is 67.2 Å². The Balaban J connectivity index is 0.000000136. The van der Waals surface area contributed by atoms with Gasteiger partial charge in [0.05, 0.1) is 25.4 Å². The van der Waals surface area contributed by atoms with Crippen molar-refractivity contribution in [2.75, 3.05) is 13.2 Å². The van der Waals surface area contributed by atoms with Crippen molar-refractivity contribution in [1.82, 2.24) is 0 Å². The van der Waals surface area contributed by atoms with E-state index in [9.17, 15) is 39.6 Å². The number of aliphatic hydroxyl groups excluding tert-OH is 3. The Hall–Kier alpha value is -2.68. The number of aliphatic hydroxyl groups is 4. The molecular weight excluding hydrogens is 708 g/mol. The number of allylic oxidation sites excluding steroid dienone is 2. The van der Waals surface area contributed by atoms with Crippen LogP contribution in [0, 0.1) is 68.0 Å². The van der Waals surface area contributed by atoms with Crippen molar-refractivity contribution in [2.24, 2.45) is 68.0 Å². The Morgan fingerprint density at radius 3 is 1.75 bits per heavy atom. The number of carbonyl (C=O) groups is 4. The molecule has 0 amide bonds. The number of rotatable bonds is 0. The van der Waals surface area contributed by atoms with Crippen LogP contribution in [0.4, 0.5) is 0 Å². The molecule has 0 radical (unpaired) electrons. The monoisotopic (exact) mass is 760 g/mol. The molecule has 8 aliphatic carbocycles. The maximum Gasteiger partial charge on any atom is 0.213 e. The number of carbonyl (C=O) groups excluding carboxylic acids is 4. The summed E-state index contributed by atoms with van der Waals surface area (Å²) in [6, 6.07) is 0. The van der Waals surface area contributed by atoms with E-state index in [-0.39, 0.29) is 35.8 Å². The van der Waals surface area contributed by atoms with Gasteiger partial charge in [0.15, 0.2) is 28.9 Å². The molecule has 5 saturated heterocycles. The molecule has 5 spiro atoms. The number of fused-ring (bicyclic) bond motifs is 3. The average Bonchev–Trinajstić information content (AvgIpc) is 3.29. The molecule has 55 heavy (non-hydrogen) atoms. The van der Waals surface area contributed by atoms with E-state index in [0.29, 0.717) is 30.6 Å². The highest BCUT2D eigenvalue weighted by Gasteiger charge is 2.89. The normalized spacial score (nSPS) is 56.0. The highest BCUT2D eigenvalue weighted by atomic mass is 16.8. The van der Waals surface area contributed by atoms with Gasteiger partial charge in [0.1, 0.15) is 23.0 Å². The van der Waals surface area contributed by atoms with Crippen molar-refractivity contribution in [3.05, 3.63) is 48.6 Å². The van der Waals surface area contributed by atoms with Gasteiger partial charge in [0.2, 0.25) is 11.6 Å². The van der Waals surface area contributed by atoms with Crippen molar-refractivity contribution in [1.29, 1.82) is 0 Å². The molecule has 11 fully saturated rings. The maximum atomic E-state index is 13.9. The number of ketones is 4. The minimum absolute atomic E-state index is 0.0103. The second-order valence-corrected chi connectivity index (χ2v) is 20.3. The van der Waals surface area contributed by atoms with Gasteiger partial charge in [-0.05, 0) is 74.7 Å². The predicted molar refractivity (Wildman–Crippen MR) is 191 cm³/mol. The van der Waals surface area contributed by atoms with Gasteiger partial charge in [0.25, 0.3) is 0 Å². The number of hydrogen-bond donors (Lipinski definition) is 4. The Kier molecular flexibility index (Phi) is 6.74. The summed E-state index contributed by atoms with van der Waals surface area (Å²) in [5.74, 6) is -7.46. The molecule has 16 atom stereocenters. The van der Waals surface area contributed by atoms with E-state index in [1.165, 1.54) is 6.08 Å². The van der Waals surface area contributed by atoms with E-state index in [0.717, 1.165) is 12.8 Å². The molecule has 13 rings (SSSR count). The van der Waals surface area contributed by atoms with Gasteiger partial charge in [-0.25, -0.2) is 0 Å². The summed E-state index contributed by atoms with van der Waals surface area (Å²) in [7, 11) is 0. The maximum absolute atomic E-state index is 13.9. The highest BCUT2D eigenvalue weighted by Crippen LogP contribution is 2.79. The topological polar surface area (TPSA) is 186 Å². The van der Waals surface area contributed by atoms with Crippen LogP contribution in [0.15, 0.2) is 48.6 Å². The van der Waals surface area contributed by atoms with Gasteiger partial charge in [-0.3, -0.25) is 19.2 Å². The summed E-state index contributed by atoms with van der Waals surface area (Å²) in [6.07, 6.45) is 5.47. The molecule has 12 nitrogen and oxygen atoms in total. The molecule has 0 aromatic rings. The SMILES string of the molecule is C=C1C(=O)[C@@]23[C@@H]4OC(C)(C)O[C@]25OC[C@]2(C=CC(=O)C(C)(C)[C@H]2[C@@H]5O)[C@@H]3CC[C@@H]14.C=C1C(=O)[C@]23[C@H](O)[C@H]1CC[C@H]2[C@]12C=CC(=O)C(C)(C)[C@H]1[C@H](O)[C@@]3(O)OC2. The summed E-state index contributed by atoms with van der Waals surface area (Å²) in [4.78, 5) is 52.5. The van der Waals surface area contributed by atoms with Gasteiger partial charge in [-0.1, -0.05) is 53.0 Å². The molecular formula is C43H52O12. The summed E-state index contributed by atoms with van der Waals surface area (Å²) in [5, 5.41) is 45.7. The van der Waals surface area contributed by atoms with Crippen LogP contribution in [0.2, 0.25) is 0 Å². The first-order valence-electron chi connectivity index (χ1n) is 19.9. The lowest BCUT2D eigenvalue weighted by Crippen LogP contribution is -2.87. The smallest absolute Gasteiger partial charge is 0.213 e. The van der Waals surface area contributed by atoms with Crippen LogP contribution in [-0.2, 0) is 38.1 Å². The number of Topliss-reactive ketones (excluding diaryl/α,β-unsaturated/α-hetero) is 2. The van der Waals surface area contributed by atoms with E-state index in [1.807, 2.05) is 19.9 Å². The van der Waals surface area contributed by atoms with Gasteiger partial charge in [-0.15, -0.1) is 0 Å². The first-order chi connectivity index (χ1) is 25.5. The van der Waals surface area contributed by atoms with Crippen molar-refractivity contribution < 1.29 is 58.6 Å². The molecule has 6 saturated carbocycles. The summed E-state index contributed by atoms with van der Waals surface area (Å²) >= 11 is 0. The molecule has 5 aliphatic heterocycles. The lowest BCUT2D eigenvalue weighted by molar-refractivity contribution is -0.522. The zero-order chi connectivity index (χ0) is 39.6. The Labute approximate surface area is 320 Å². The van der Waals surface area contributed by atoms with Crippen molar-refractivity contribution in [3.63, 3.8) is 0 Å². The third-order valence-electron chi connectivity index (χ3n) is 17.4. The number of ether oxygens (including phenoxy) is 4. The van der Waals surface area contributed by atoms with E-state index in [2.05, 4.69) is 13.2 Å². The van der Waals surface area contributed by atoms with Crippen molar-refractivity contribution in [3.8, 4) is 0 Å². The third-order valence-corrected chi connectivity index (χ3v) is 17.4. The van der Waals surface area contributed by atoms with Crippen molar-refractivity contribution >= 4 is 23.1 Å². The molecule has 8 bridgehead atoms. The Morgan fingerprint density at radius 2 is 1.15 bits per heavy atom. The molecule has 13 aliphatic rings. The standard InChI is InChI=1S/C23H28O6.C20H24O6/c1-11-12-6-7-13-21-9-8-14(24)19(2,3)15(21)17(26)23(27-10-21)22(13,16(11)25)18(12)28-20(4,5)29-23;1-9-10-4-5-11-18-7-6-12(21)17(2,3)13(18)16(24)20(25,26-8-18)19(11,14(9)22)15(10)23/h8-9,12-13,15,17-18,26H,1,6-7,10H2,2-5H3;6-7,10-11,13,15-16,23-25H,1,4-5,8H2,2-3H3/t12-,13-,15+,17-,18+,21+,22-,23-;10-,11-,13+,15+,16-,18+,19-,20+/m00/s1. The van der Waals surface area contributed by atoms with E-state index in [4.69, 9.17) is 18.9 Å². The third kappa shape index (κ3) is 3.45. The van der Waals surface area contributed by atoms with Crippen LogP contribution in [0.25, 0.3) is 0 Å². The van der Waals surface area contributed by atoms with E-state index >= 15 is 0 Å². The fraction of sp³-hybridized carbons (Fsp3) is 0.721. The predicted octanol–water partition coefficient (Wildman–Crippen LogP) is 2.52. The molecule has 0 aromatic carbocycles. The summed E-state index contributed by atoms with van der Waals surface area (Å²) < 4.78 is 25.0. The fourth-order valence-corrected chi connectivity index (χ4v) is 15.4. The van der Waals surface area contributed by atoms with Crippen LogP contribution >= 0.6 is 0 Å². The Bertz CT molecular complexity index is 1990. The summed E-state index contributed by atoms with van der Waals surface area (Å²) in [6.45, 7) is 19.3. The van der Waals surface area contributed by atoms with Crippen LogP contribution in [-0.4, -0.2) is 98.6 Å². The average molecular weight is 761 g/mol. The first kappa shape index (κ1) is 36.6. The van der Waals surface area contributed by atoms with E-state index in [1.54, 1.807) is 39.8 Å². The van der Waals surface area contributed by atoms with Gasteiger partial charge in [-0.2, -0.15) is 0 Å². The van der Waals surface area contributed by atoms with Crippen LogP contribution < -0.4 is 0 Å². The minimum Gasteiger partial charge on any atom is -0.391 e. The second-order valence-electron chi connectivity index (χ2n) is 20.3. The lowest BCUT2D eigenvalue weighted by Gasteiger charge is -2.75. The van der Waals surface area contributed by atoms with Gasteiger partial charge in [0, 0.05) is 45.3 Å². The molecule has 12 heteroatoms. The number of hydrogen-bond acceptors (Lipinski definition) is 12. The molecule has 4 N–H and O–H groups in total. The molecule has 5 heterocycles. The van der Waals surface area contributed by atoms with Gasteiger partial charge >= 0.3 is 0 Å². The largest absolute Gasteiger partial charge is 0.391 e. The molecule has 0 aromatic heterocycles. The molecule has 0 unspecified atom stereocenters. The zero-order valence-corrected chi connectivity index (χ0v) is 32.3. The van der Waals surface area contributed by atoms with Crippen molar-refractivity contribution in [2.45, 2.75) is 109 Å². The first-order valence-corrected chi connectivity index (χ1v) is 19.9. The second kappa shape index (κ2) is 10.1. The van der Waals surface area contributed by atoms with Crippen LogP contribution in [0.3, 0.4) is 0 Å². The Morgan fingerprint density at radius 1 is 0.655 bits per heavy atom. The zero-order valence-electron chi connectivity index (χ0n) is 32.3. The minimum atomic E-state index is -2.22. The van der Waals surface area contributed by atoms with Gasteiger partial charge < -0.3 is 39.4 Å². The van der Waals surface area contributed by atoms with E-state index < -0.39 is 104 Å². The highest BCUT2D eigenvalue weighted by molar-refractivity contribution is 6.06. The quantitative estimate of drug-likeness (QED) is 0.265. The summed E-state index contributed by atoms with van der Waals surface area (Å²) in [5.41, 5.74) is -4.98. The van der Waals surface area contributed by atoms with Crippen LogP contribution in [0.5, 0.6) is 0 Å². The lowest BCUT2D eigenvalue weighted by atomic mass is 9.37.